The molecular weight excluding hydrogens is 342 g/mol. The Bertz CT molecular complexity index is 680. The highest BCUT2D eigenvalue weighted by Crippen LogP contribution is 2.39. The second-order valence-electron chi connectivity index (χ2n) is 4.23. The summed E-state index contributed by atoms with van der Waals surface area (Å²) in [5.41, 5.74) is 0.139. The molecule has 0 amide bonds. The number of nitro groups is 1. The van der Waals surface area contributed by atoms with Gasteiger partial charge in [-0.3, -0.25) is 14.9 Å². The number of nitro benzene ring substituents is 1. The Kier molecular flexibility index (Phi) is 4.74. The molecule has 0 aliphatic rings. The van der Waals surface area contributed by atoms with Gasteiger partial charge in [0.05, 0.1) is 21.6 Å². The Morgan fingerprint density at radius 3 is 2.76 bits per heavy atom. The smallest absolute Gasteiger partial charge is 0.281 e. The zero-order valence-electron chi connectivity index (χ0n) is 11.2. The maximum absolute atomic E-state index is 11.2. The average Bonchev–Trinajstić information content (AvgIpc) is 2.94. The van der Waals surface area contributed by atoms with E-state index in [4.69, 9.17) is 9.15 Å². The van der Waals surface area contributed by atoms with Gasteiger partial charge in [-0.2, -0.15) is 0 Å². The summed E-state index contributed by atoms with van der Waals surface area (Å²) in [7, 11) is 0. The molecule has 7 heteroatoms. The minimum atomic E-state index is -0.507. The molecule has 1 aromatic carbocycles. The van der Waals surface area contributed by atoms with E-state index in [1.54, 1.807) is 0 Å². The molecule has 0 fully saturated rings. The zero-order valence-corrected chi connectivity index (χ0v) is 12.8. The second kappa shape index (κ2) is 6.53. The molecule has 0 atom stereocenters. The summed E-state index contributed by atoms with van der Waals surface area (Å²) in [6, 6.07) is 5.87. The lowest BCUT2D eigenvalue weighted by molar-refractivity contribution is -0.384. The van der Waals surface area contributed by atoms with Crippen LogP contribution in [0.3, 0.4) is 0 Å². The molecule has 0 saturated carbocycles. The fourth-order valence-electron chi connectivity index (χ4n) is 1.77. The van der Waals surface area contributed by atoms with Crippen LogP contribution >= 0.6 is 15.9 Å². The lowest BCUT2D eigenvalue weighted by Gasteiger charge is -2.09. The fourth-order valence-corrected chi connectivity index (χ4v) is 2.22. The number of aldehydes is 1. The molecule has 2 aromatic rings. The molecule has 0 spiro atoms. The van der Waals surface area contributed by atoms with Gasteiger partial charge in [0.1, 0.15) is 11.5 Å². The van der Waals surface area contributed by atoms with Gasteiger partial charge in [0.2, 0.25) is 0 Å². The van der Waals surface area contributed by atoms with Crippen LogP contribution in [0.5, 0.6) is 5.75 Å². The largest absolute Gasteiger partial charge is 0.492 e. The molecule has 0 aliphatic heterocycles. The molecule has 0 radical (unpaired) electrons. The third-order valence-corrected chi connectivity index (χ3v) is 3.34. The molecule has 21 heavy (non-hydrogen) atoms. The van der Waals surface area contributed by atoms with Gasteiger partial charge in [0, 0.05) is 6.07 Å². The summed E-state index contributed by atoms with van der Waals surface area (Å²) in [5.74, 6) is 0.845. The molecule has 1 heterocycles. The van der Waals surface area contributed by atoms with E-state index >= 15 is 0 Å². The van der Waals surface area contributed by atoms with E-state index in [9.17, 15) is 14.9 Å². The van der Waals surface area contributed by atoms with Crippen LogP contribution < -0.4 is 4.74 Å². The number of hydrogen-bond acceptors (Lipinski definition) is 5. The van der Waals surface area contributed by atoms with Crippen LogP contribution in [0.25, 0.3) is 11.3 Å². The Morgan fingerprint density at radius 2 is 2.19 bits per heavy atom. The molecule has 0 unspecified atom stereocenters. The summed E-state index contributed by atoms with van der Waals surface area (Å²) in [4.78, 5) is 21.3. The predicted molar refractivity (Wildman–Crippen MR) is 79.7 cm³/mol. The molecular formula is C14H12BrNO5. The van der Waals surface area contributed by atoms with Crippen molar-refractivity contribution in [1.29, 1.82) is 0 Å². The van der Waals surface area contributed by atoms with Gasteiger partial charge in [-0.15, -0.1) is 0 Å². The number of ether oxygens (including phenoxy) is 1. The minimum absolute atomic E-state index is 0.109. The summed E-state index contributed by atoms with van der Waals surface area (Å²) >= 11 is 3.25. The number of benzene rings is 1. The Labute approximate surface area is 129 Å². The number of carbonyl (C=O) groups excluding carboxylic acids is 1. The van der Waals surface area contributed by atoms with E-state index < -0.39 is 4.92 Å². The maximum atomic E-state index is 11.2. The van der Waals surface area contributed by atoms with Crippen LogP contribution in [-0.2, 0) is 0 Å². The van der Waals surface area contributed by atoms with Gasteiger partial charge < -0.3 is 9.15 Å². The van der Waals surface area contributed by atoms with Crippen molar-refractivity contribution in [1.82, 2.24) is 0 Å². The van der Waals surface area contributed by atoms with Crippen molar-refractivity contribution in [2.24, 2.45) is 0 Å². The van der Waals surface area contributed by atoms with E-state index in [1.807, 2.05) is 6.92 Å². The predicted octanol–water partition coefficient (Wildman–Crippen LogP) is 4.22. The Hall–Kier alpha value is -2.15. The van der Waals surface area contributed by atoms with Crippen LogP contribution in [0.1, 0.15) is 23.9 Å². The van der Waals surface area contributed by atoms with Crippen molar-refractivity contribution >= 4 is 27.9 Å². The first kappa shape index (κ1) is 15.2. The van der Waals surface area contributed by atoms with Crippen molar-refractivity contribution in [2.45, 2.75) is 13.3 Å². The van der Waals surface area contributed by atoms with Gasteiger partial charge in [0.25, 0.3) is 5.69 Å². The third kappa shape index (κ3) is 3.30. The lowest BCUT2D eigenvalue weighted by Crippen LogP contribution is -1.98. The van der Waals surface area contributed by atoms with Crippen LogP contribution in [0.2, 0.25) is 0 Å². The highest BCUT2D eigenvalue weighted by atomic mass is 79.9. The highest BCUT2D eigenvalue weighted by Gasteiger charge is 2.21. The summed E-state index contributed by atoms with van der Waals surface area (Å²) in [6.45, 7) is 2.46. The summed E-state index contributed by atoms with van der Waals surface area (Å²) in [5, 5.41) is 11.2. The van der Waals surface area contributed by atoms with Gasteiger partial charge in [-0.05, 0) is 40.5 Å². The van der Waals surface area contributed by atoms with Gasteiger partial charge >= 0.3 is 0 Å². The molecule has 2 rings (SSSR count). The molecule has 0 aliphatic carbocycles. The quantitative estimate of drug-likeness (QED) is 0.441. The monoisotopic (exact) mass is 353 g/mol. The van der Waals surface area contributed by atoms with Crippen LogP contribution in [0.4, 0.5) is 5.69 Å². The van der Waals surface area contributed by atoms with Crippen molar-refractivity contribution in [3.8, 4) is 17.1 Å². The lowest BCUT2D eigenvalue weighted by atomic mass is 10.1. The van der Waals surface area contributed by atoms with Gasteiger partial charge in [-0.25, -0.2) is 0 Å². The molecule has 110 valence electrons. The number of nitrogens with zero attached hydrogens (tertiary/aromatic N) is 1. The minimum Gasteiger partial charge on any atom is -0.492 e. The standard InChI is InChI=1S/C14H12BrNO5/c1-2-5-20-14-6-10(12(16(18)19)7-11(14)15)13-4-3-9(8-17)21-13/h3-4,6-8H,2,5H2,1H3. The Balaban J connectivity index is 2.54. The maximum Gasteiger partial charge on any atom is 0.281 e. The Morgan fingerprint density at radius 1 is 1.43 bits per heavy atom. The van der Waals surface area contributed by atoms with Crippen molar-refractivity contribution in [2.75, 3.05) is 6.61 Å². The first-order valence-electron chi connectivity index (χ1n) is 6.23. The van der Waals surface area contributed by atoms with Crippen LogP contribution in [0.15, 0.2) is 33.2 Å². The van der Waals surface area contributed by atoms with Gasteiger partial charge in [0.15, 0.2) is 12.0 Å². The van der Waals surface area contributed by atoms with Gasteiger partial charge in [-0.1, -0.05) is 6.92 Å². The number of hydrogen-bond donors (Lipinski definition) is 0. The summed E-state index contributed by atoms with van der Waals surface area (Å²) in [6.07, 6.45) is 1.36. The zero-order chi connectivity index (χ0) is 15.4. The SMILES string of the molecule is CCCOc1cc(-c2ccc(C=O)o2)c([N+](=O)[O-])cc1Br. The van der Waals surface area contributed by atoms with E-state index in [-0.39, 0.29) is 22.8 Å². The van der Waals surface area contributed by atoms with Crippen molar-refractivity contribution in [3.05, 3.63) is 44.6 Å². The molecule has 0 N–H and O–H groups in total. The number of rotatable bonds is 6. The van der Waals surface area contributed by atoms with Crippen molar-refractivity contribution in [3.63, 3.8) is 0 Å². The van der Waals surface area contributed by atoms with Crippen molar-refractivity contribution < 1.29 is 18.9 Å². The number of furan rings is 1. The van der Waals surface area contributed by atoms with Crippen LogP contribution in [0, 0.1) is 10.1 Å². The number of halogens is 1. The normalized spacial score (nSPS) is 10.4. The van der Waals surface area contributed by atoms with Crippen LogP contribution in [-0.4, -0.2) is 17.8 Å². The fraction of sp³-hybridized carbons (Fsp3) is 0.214. The first-order chi connectivity index (χ1) is 10.1. The molecule has 0 saturated heterocycles. The highest BCUT2D eigenvalue weighted by molar-refractivity contribution is 9.10. The third-order valence-electron chi connectivity index (χ3n) is 2.72. The van der Waals surface area contributed by atoms with E-state index in [0.29, 0.717) is 23.1 Å². The molecule has 6 nitrogen and oxygen atoms in total. The van der Waals surface area contributed by atoms with E-state index in [1.165, 1.54) is 24.3 Å². The van der Waals surface area contributed by atoms with E-state index in [2.05, 4.69) is 15.9 Å². The number of carbonyl (C=O) groups is 1. The molecule has 1 aromatic heterocycles. The average molecular weight is 354 g/mol. The summed E-state index contributed by atoms with van der Waals surface area (Å²) < 4.78 is 11.3. The first-order valence-corrected chi connectivity index (χ1v) is 7.02. The topological polar surface area (TPSA) is 82.6 Å². The van der Waals surface area contributed by atoms with E-state index in [0.717, 1.165) is 6.42 Å². The second-order valence-corrected chi connectivity index (χ2v) is 5.08. The molecule has 0 bridgehead atoms.